The van der Waals surface area contributed by atoms with Crippen molar-refractivity contribution in [3.63, 3.8) is 0 Å². The first-order valence-corrected chi connectivity index (χ1v) is 9.36. The van der Waals surface area contributed by atoms with E-state index in [1.54, 1.807) is 30.8 Å². The molecule has 0 aromatic heterocycles. The second-order valence-electron chi connectivity index (χ2n) is 5.78. The molecule has 0 bridgehead atoms. The van der Waals surface area contributed by atoms with Crippen molar-refractivity contribution in [2.75, 3.05) is 17.7 Å². The topological polar surface area (TPSA) is 55.4 Å². The SMILES string of the molecule is CCOC(=O)c1ccc(C)c(NC(=O)CSCc2cccc(C)c2)c1. The number of esters is 1. The van der Waals surface area contributed by atoms with Crippen molar-refractivity contribution in [3.05, 3.63) is 64.7 Å². The highest BCUT2D eigenvalue weighted by atomic mass is 32.2. The van der Waals surface area contributed by atoms with Gasteiger partial charge in [0.05, 0.1) is 17.9 Å². The highest BCUT2D eigenvalue weighted by molar-refractivity contribution is 7.99. The summed E-state index contributed by atoms with van der Waals surface area (Å²) in [5.41, 5.74) is 4.42. The Morgan fingerprint density at radius 1 is 1.12 bits per heavy atom. The fraction of sp³-hybridized carbons (Fsp3) is 0.300. The van der Waals surface area contributed by atoms with Crippen molar-refractivity contribution < 1.29 is 14.3 Å². The number of aryl methyl sites for hydroxylation is 2. The van der Waals surface area contributed by atoms with E-state index < -0.39 is 0 Å². The predicted molar refractivity (Wildman–Crippen MR) is 103 cm³/mol. The lowest BCUT2D eigenvalue weighted by Gasteiger charge is -2.10. The van der Waals surface area contributed by atoms with Gasteiger partial charge >= 0.3 is 5.97 Å². The third kappa shape index (κ3) is 5.94. The van der Waals surface area contributed by atoms with Gasteiger partial charge in [0, 0.05) is 11.4 Å². The van der Waals surface area contributed by atoms with Crippen LogP contribution < -0.4 is 5.32 Å². The normalized spacial score (nSPS) is 10.4. The van der Waals surface area contributed by atoms with Crippen molar-refractivity contribution >= 4 is 29.3 Å². The quantitative estimate of drug-likeness (QED) is 0.749. The molecular formula is C20H23NO3S. The smallest absolute Gasteiger partial charge is 0.338 e. The van der Waals surface area contributed by atoms with Gasteiger partial charge < -0.3 is 10.1 Å². The average Bonchev–Trinajstić information content (AvgIpc) is 2.57. The van der Waals surface area contributed by atoms with Crippen molar-refractivity contribution in [2.24, 2.45) is 0 Å². The number of carbonyl (C=O) groups is 2. The van der Waals surface area contributed by atoms with Crippen LogP contribution in [0.2, 0.25) is 0 Å². The van der Waals surface area contributed by atoms with Crippen LogP contribution in [-0.4, -0.2) is 24.2 Å². The summed E-state index contributed by atoms with van der Waals surface area (Å²) in [6.07, 6.45) is 0. The molecule has 4 nitrogen and oxygen atoms in total. The van der Waals surface area contributed by atoms with Crippen LogP contribution in [0.3, 0.4) is 0 Å². The van der Waals surface area contributed by atoms with Gasteiger partial charge in [0.2, 0.25) is 5.91 Å². The minimum absolute atomic E-state index is 0.0817. The van der Waals surface area contributed by atoms with Gasteiger partial charge in [-0.25, -0.2) is 4.79 Å². The lowest BCUT2D eigenvalue weighted by Crippen LogP contribution is -2.16. The average molecular weight is 357 g/mol. The van der Waals surface area contributed by atoms with Crippen LogP contribution in [0.5, 0.6) is 0 Å². The van der Waals surface area contributed by atoms with Gasteiger partial charge in [-0.1, -0.05) is 35.9 Å². The van der Waals surface area contributed by atoms with Gasteiger partial charge in [0.25, 0.3) is 0 Å². The van der Waals surface area contributed by atoms with Gasteiger partial charge in [0.15, 0.2) is 0 Å². The number of benzene rings is 2. The molecule has 2 aromatic rings. The zero-order valence-corrected chi connectivity index (χ0v) is 15.6. The number of hydrogen-bond donors (Lipinski definition) is 1. The lowest BCUT2D eigenvalue weighted by atomic mass is 10.1. The second kappa shape index (κ2) is 9.28. The molecular weight excluding hydrogens is 334 g/mol. The Labute approximate surface area is 153 Å². The standard InChI is InChI=1S/C20H23NO3S/c1-4-24-20(23)17-9-8-15(3)18(11-17)21-19(22)13-25-12-16-7-5-6-14(2)10-16/h5-11H,4,12-13H2,1-3H3,(H,21,22). The summed E-state index contributed by atoms with van der Waals surface area (Å²) in [5.74, 6) is 0.683. The number of nitrogens with one attached hydrogen (secondary N) is 1. The highest BCUT2D eigenvalue weighted by Gasteiger charge is 2.11. The van der Waals surface area contributed by atoms with Crippen molar-refractivity contribution in [1.29, 1.82) is 0 Å². The Morgan fingerprint density at radius 2 is 1.92 bits per heavy atom. The largest absolute Gasteiger partial charge is 0.462 e. The van der Waals surface area contributed by atoms with E-state index in [1.807, 2.05) is 19.1 Å². The van der Waals surface area contributed by atoms with E-state index in [0.29, 0.717) is 23.6 Å². The van der Waals surface area contributed by atoms with E-state index >= 15 is 0 Å². The van der Waals surface area contributed by atoms with Crippen molar-refractivity contribution in [2.45, 2.75) is 26.5 Å². The van der Waals surface area contributed by atoms with E-state index in [-0.39, 0.29) is 11.9 Å². The molecule has 0 unspecified atom stereocenters. The molecule has 0 aliphatic rings. The fourth-order valence-electron chi connectivity index (χ4n) is 2.35. The monoisotopic (exact) mass is 357 g/mol. The number of thioether (sulfide) groups is 1. The maximum Gasteiger partial charge on any atom is 0.338 e. The first kappa shape index (κ1) is 19.1. The molecule has 2 rings (SSSR count). The van der Waals surface area contributed by atoms with Crippen molar-refractivity contribution in [3.8, 4) is 0 Å². The molecule has 1 amide bonds. The van der Waals surface area contributed by atoms with Crippen LogP contribution in [0.4, 0.5) is 5.69 Å². The molecule has 132 valence electrons. The molecule has 0 heterocycles. The van der Waals surface area contributed by atoms with Gasteiger partial charge in [0.1, 0.15) is 0 Å². The first-order valence-electron chi connectivity index (χ1n) is 8.20. The van der Waals surface area contributed by atoms with Gasteiger partial charge in [-0.2, -0.15) is 0 Å². The molecule has 0 saturated carbocycles. The summed E-state index contributed by atoms with van der Waals surface area (Å²) in [6, 6.07) is 13.4. The zero-order valence-electron chi connectivity index (χ0n) is 14.8. The van der Waals surface area contributed by atoms with Crippen LogP contribution >= 0.6 is 11.8 Å². The molecule has 0 aliphatic carbocycles. The van der Waals surface area contributed by atoms with E-state index in [4.69, 9.17) is 4.74 Å². The number of rotatable bonds is 7. The molecule has 25 heavy (non-hydrogen) atoms. The maximum absolute atomic E-state index is 12.2. The van der Waals surface area contributed by atoms with Gasteiger partial charge in [-0.3, -0.25) is 4.79 Å². The van der Waals surface area contributed by atoms with E-state index in [2.05, 4.69) is 30.4 Å². The van der Waals surface area contributed by atoms with Crippen LogP contribution in [-0.2, 0) is 15.3 Å². The molecule has 0 aliphatic heterocycles. The summed E-state index contributed by atoms with van der Waals surface area (Å²) >= 11 is 1.56. The Morgan fingerprint density at radius 3 is 2.64 bits per heavy atom. The molecule has 2 aromatic carbocycles. The summed E-state index contributed by atoms with van der Waals surface area (Å²) in [5, 5.41) is 2.88. The first-order chi connectivity index (χ1) is 12.0. The Kier molecular flexibility index (Phi) is 7.07. The second-order valence-corrected chi connectivity index (χ2v) is 6.77. The Bertz CT molecular complexity index is 758. The molecule has 5 heteroatoms. The number of carbonyl (C=O) groups excluding carboxylic acids is 2. The summed E-state index contributed by atoms with van der Waals surface area (Å²) in [4.78, 5) is 24.0. The lowest BCUT2D eigenvalue weighted by molar-refractivity contribution is -0.113. The molecule has 0 fully saturated rings. The highest BCUT2D eigenvalue weighted by Crippen LogP contribution is 2.19. The van der Waals surface area contributed by atoms with Crippen LogP contribution in [0, 0.1) is 13.8 Å². The van der Waals surface area contributed by atoms with E-state index in [0.717, 1.165) is 11.3 Å². The molecule has 0 saturated heterocycles. The number of amides is 1. The minimum Gasteiger partial charge on any atom is -0.462 e. The van der Waals surface area contributed by atoms with E-state index in [9.17, 15) is 9.59 Å². The van der Waals surface area contributed by atoms with Crippen molar-refractivity contribution in [1.82, 2.24) is 0 Å². The van der Waals surface area contributed by atoms with Gasteiger partial charge in [-0.15, -0.1) is 11.8 Å². The molecule has 0 spiro atoms. The van der Waals surface area contributed by atoms with Crippen LogP contribution in [0.25, 0.3) is 0 Å². The third-order valence-electron chi connectivity index (χ3n) is 3.61. The van der Waals surface area contributed by atoms with Crippen LogP contribution in [0.1, 0.15) is 34.0 Å². The van der Waals surface area contributed by atoms with Crippen LogP contribution in [0.15, 0.2) is 42.5 Å². The predicted octanol–water partition coefficient (Wildman–Crippen LogP) is 4.35. The number of anilines is 1. The van der Waals surface area contributed by atoms with E-state index in [1.165, 1.54) is 11.1 Å². The summed E-state index contributed by atoms with van der Waals surface area (Å²) in [6.45, 7) is 6.04. The zero-order chi connectivity index (χ0) is 18.2. The Balaban J connectivity index is 1.91. The molecule has 0 atom stereocenters. The summed E-state index contributed by atoms with van der Waals surface area (Å²) < 4.78 is 5.00. The molecule has 0 radical (unpaired) electrons. The molecule has 1 N–H and O–H groups in total. The summed E-state index contributed by atoms with van der Waals surface area (Å²) in [7, 11) is 0. The maximum atomic E-state index is 12.2. The Hall–Kier alpha value is -2.27. The third-order valence-corrected chi connectivity index (χ3v) is 4.61. The van der Waals surface area contributed by atoms with Gasteiger partial charge in [-0.05, 0) is 44.0 Å². The fourth-order valence-corrected chi connectivity index (χ4v) is 3.12. The number of hydrogen-bond acceptors (Lipinski definition) is 4. The number of ether oxygens (including phenoxy) is 1. The minimum atomic E-state index is -0.383.